The van der Waals surface area contributed by atoms with Crippen LogP contribution in [0.1, 0.15) is 40.6 Å². The summed E-state index contributed by atoms with van der Waals surface area (Å²) in [7, 11) is 0. The first-order valence-corrected chi connectivity index (χ1v) is 9.49. The van der Waals surface area contributed by atoms with Crippen molar-refractivity contribution in [2.75, 3.05) is 13.2 Å². The molecular formula is C22H22FN3O2. The molecule has 0 spiro atoms. The second-order valence-electron chi connectivity index (χ2n) is 6.89. The molecule has 1 aliphatic heterocycles. The van der Waals surface area contributed by atoms with Gasteiger partial charge in [0.05, 0.1) is 18.3 Å². The van der Waals surface area contributed by atoms with Gasteiger partial charge in [-0.15, -0.1) is 0 Å². The lowest BCUT2D eigenvalue weighted by Crippen LogP contribution is -2.30. The van der Waals surface area contributed by atoms with Crippen molar-refractivity contribution in [3.05, 3.63) is 83.4 Å². The van der Waals surface area contributed by atoms with Gasteiger partial charge >= 0.3 is 0 Å². The van der Waals surface area contributed by atoms with Crippen molar-refractivity contribution >= 4 is 5.91 Å². The molecule has 1 aliphatic rings. The molecule has 2 aromatic carbocycles. The summed E-state index contributed by atoms with van der Waals surface area (Å²) in [5.74, 6) is 0.403. The summed E-state index contributed by atoms with van der Waals surface area (Å²) in [4.78, 5) is 14.7. The number of nitrogens with one attached hydrogen (secondary N) is 1. The number of amides is 1. The van der Waals surface area contributed by atoms with Gasteiger partial charge in [0.2, 0.25) is 0 Å². The molecule has 6 heteroatoms. The molecule has 28 heavy (non-hydrogen) atoms. The summed E-state index contributed by atoms with van der Waals surface area (Å²) in [6.45, 7) is 1.21. The number of ether oxygens (including phenoxy) is 1. The van der Waals surface area contributed by atoms with Crippen molar-refractivity contribution in [2.24, 2.45) is 0 Å². The van der Waals surface area contributed by atoms with Gasteiger partial charge in [0.1, 0.15) is 11.6 Å². The highest BCUT2D eigenvalue weighted by Crippen LogP contribution is 2.32. The van der Waals surface area contributed by atoms with E-state index in [4.69, 9.17) is 4.74 Å². The van der Waals surface area contributed by atoms with Crippen molar-refractivity contribution in [2.45, 2.75) is 25.3 Å². The van der Waals surface area contributed by atoms with Crippen LogP contribution in [0.25, 0.3) is 0 Å². The minimum absolute atomic E-state index is 0.00396. The van der Waals surface area contributed by atoms with E-state index in [1.807, 2.05) is 41.3 Å². The average molecular weight is 379 g/mol. The highest BCUT2D eigenvalue weighted by atomic mass is 19.1. The van der Waals surface area contributed by atoms with E-state index < -0.39 is 0 Å². The Bertz CT molecular complexity index is 924. The molecule has 1 atom stereocenters. The molecular weight excluding hydrogens is 357 g/mol. The molecule has 0 unspecified atom stereocenters. The van der Waals surface area contributed by atoms with Gasteiger partial charge < -0.3 is 9.64 Å². The lowest BCUT2D eigenvalue weighted by atomic mass is 10.1. The standard InChI is InChI=1S/C22H22FN3O2/c23-17-8-10-19(11-9-17)28-14-12-18-15-20(25-24-18)21-7-4-13-26(21)22(27)16-5-2-1-3-6-16/h1-3,5-6,8-11,15,21H,4,7,12-14H2,(H,24,25)/t21-/m0/s1. The van der Waals surface area contributed by atoms with Crippen LogP contribution in [-0.2, 0) is 6.42 Å². The molecule has 1 saturated heterocycles. The van der Waals surface area contributed by atoms with Crippen LogP contribution in [0.15, 0.2) is 60.7 Å². The van der Waals surface area contributed by atoms with E-state index in [1.165, 1.54) is 12.1 Å². The van der Waals surface area contributed by atoms with Crippen LogP contribution in [0.5, 0.6) is 5.75 Å². The Morgan fingerprint density at radius 2 is 1.96 bits per heavy atom. The maximum atomic E-state index is 12.9. The van der Waals surface area contributed by atoms with E-state index in [1.54, 1.807) is 12.1 Å². The smallest absolute Gasteiger partial charge is 0.254 e. The molecule has 0 bridgehead atoms. The van der Waals surface area contributed by atoms with E-state index in [0.717, 1.165) is 30.8 Å². The van der Waals surface area contributed by atoms with E-state index in [0.29, 0.717) is 24.3 Å². The minimum atomic E-state index is -0.281. The van der Waals surface area contributed by atoms with Gasteiger partial charge in [-0.3, -0.25) is 9.89 Å². The highest BCUT2D eigenvalue weighted by molar-refractivity contribution is 5.94. The van der Waals surface area contributed by atoms with Crippen molar-refractivity contribution in [1.82, 2.24) is 15.1 Å². The number of halogens is 1. The zero-order valence-corrected chi connectivity index (χ0v) is 15.5. The summed E-state index contributed by atoms with van der Waals surface area (Å²) < 4.78 is 18.6. The van der Waals surface area contributed by atoms with Crippen LogP contribution in [-0.4, -0.2) is 34.2 Å². The van der Waals surface area contributed by atoms with E-state index in [-0.39, 0.29) is 17.8 Å². The minimum Gasteiger partial charge on any atom is -0.493 e. The number of aromatic nitrogens is 2. The van der Waals surface area contributed by atoms with Gasteiger partial charge in [0.25, 0.3) is 5.91 Å². The lowest BCUT2D eigenvalue weighted by molar-refractivity contribution is 0.0733. The second-order valence-corrected chi connectivity index (χ2v) is 6.89. The third kappa shape index (κ3) is 4.06. The molecule has 5 nitrogen and oxygen atoms in total. The number of carbonyl (C=O) groups is 1. The molecule has 1 amide bonds. The predicted molar refractivity (Wildman–Crippen MR) is 104 cm³/mol. The summed E-state index contributed by atoms with van der Waals surface area (Å²) in [6, 6.07) is 17.3. The number of rotatable bonds is 6. The summed E-state index contributed by atoms with van der Waals surface area (Å²) in [5, 5.41) is 7.49. The van der Waals surface area contributed by atoms with Crippen molar-refractivity contribution in [1.29, 1.82) is 0 Å². The zero-order valence-electron chi connectivity index (χ0n) is 15.5. The van der Waals surface area contributed by atoms with E-state index >= 15 is 0 Å². The molecule has 144 valence electrons. The molecule has 4 rings (SSSR count). The van der Waals surface area contributed by atoms with Crippen LogP contribution in [0, 0.1) is 5.82 Å². The summed E-state index contributed by atoms with van der Waals surface area (Å²) in [5.41, 5.74) is 2.55. The first-order valence-electron chi connectivity index (χ1n) is 9.49. The van der Waals surface area contributed by atoms with Gasteiger partial charge in [-0.05, 0) is 55.3 Å². The van der Waals surface area contributed by atoms with Gasteiger partial charge in [-0.1, -0.05) is 18.2 Å². The van der Waals surface area contributed by atoms with Crippen LogP contribution in [0.3, 0.4) is 0 Å². The number of likely N-dealkylation sites (tertiary alicyclic amines) is 1. The Morgan fingerprint density at radius 3 is 2.75 bits per heavy atom. The number of benzene rings is 2. The Morgan fingerprint density at radius 1 is 1.18 bits per heavy atom. The van der Waals surface area contributed by atoms with Crippen LogP contribution < -0.4 is 4.74 Å². The summed E-state index contributed by atoms with van der Waals surface area (Å²) in [6.07, 6.45) is 2.54. The summed E-state index contributed by atoms with van der Waals surface area (Å²) >= 11 is 0. The molecule has 3 aromatic rings. The van der Waals surface area contributed by atoms with E-state index in [2.05, 4.69) is 10.2 Å². The monoisotopic (exact) mass is 379 g/mol. The number of carbonyl (C=O) groups excluding carboxylic acids is 1. The van der Waals surface area contributed by atoms with Gasteiger partial charge in [0.15, 0.2) is 0 Å². The van der Waals surface area contributed by atoms with Crippen LogP contribution >= 0.6 is 0 Å². The Labute approximate surface area is 163 Å². The van der Waals surface area contributed by atoms with E-state index in [9.17, 15) is 9.18 Å². The third-order valence-corrected chi connectivity index (χ3v) is 4.98. The average Bonchev–Trinajstić information content (AvgIpc) is 3.39. The molecule has 0 radical (unpaired) electrons. The number of nitrogens with zero attached hydrogens (tertiary/aromatic N) is 2. The third-order valence-electron chi connectivity index (χ3n) is 4.98. The van der Waals surface area contributed by atoms with Gasteiger partial charge in [-0.25, -0.2) is 4.39 Å². The second kappa shape index (κ2) is 8.25. The lowest BCUT2D eigenvalue weighted by Gasteiger charge is -2.23. The van der Waals surface area contributed by atoms with Gasteiger partial charge in [0, 0.05) is 24.2 Å². The molecule has 2 heterocycles. The van der Waals surface area contributed by atoms with Gasteiger partial charge in [-0.2, -0.15) is 5.10 Å². The van der Waals surface area contributed by atoms with Crippen molar-refractivity contribution in [3.8, 4) is 5.75 Å². The largest absolute Gasteiger partial charge is 0.493 e. The molecule has 1 aromatic heterocycles. The van der Waals surface area contributed by atoms with Crippen LogP contribution in [0.2, 0.25) is 0 Å². The topological polar surface area (TPSA) is 58.2 Å². The molecule has 0 saturated carbocycles. The fourth-order valence-corrected chi connectivity index (χ4v) is 3.55. The van der Waals surface area contributed by atoms with Crippen LogP contribution in [0.4, 0.5) is 4.39 Å². The molecule has 1 fully saturated rings. The SMILES string of the molecule is O=C(c1ccccc1)N1CCC[C@H]1c1cc(CCOc2ccc(F)cc2)[nH]n1. The normalized spacial score (nSPS) is 16.3. The van der Waals surface area contributed by atoms with Crippen molar-refractivity contribution < 1.29 is 13.9 Å². The fourth-order valence-electron chi connectivity index (χ4n) is 3.55. The van der Waals surface area contributed by atoms with Crippen molar-refractivity contribution in [3.63, 3.8) is 0 Å². The predicted octanol–water partition coefficient (Wildman–Crippen LogP) is 4.15. The zero-order chi connectivity index (χ0) is 19.3. The number of aromatic amines is 1. The number of H-pyrrole nitrogens is 1. The first-order chi connectivity index (χ1) is 13.7. The first kappa shape index (κ1) is 18.2. The molecule has 0 aliphatic carbocycles. The fraction of sp³-hybridized carbons (Fsp3) is 0.273. The quantitative estimate of drug-likeness (QED) is 0.700. The Kier molecular flexibility index (Phi) is 5.37. The Hall–Kier alpha value is -3.15. The Balaban J connectivity index is 1.37. The maximum Gasteiger partial charge on any atom is 0.254 e. The highest BCUT2D eigenvalue weighted by Gasteiger charge is 2.32. The number of hydrogen-bond acceptors (Lipinski definition) is 3. The molecule has 1 N–H and O–H groups in total. The number of hydrogen-bond donors (Lipinski definition) is 1. The maximum absolute atomic E-state index is 12.9.